The highest BCUT2D eigenvalue weighted by Gasteiger charge is 2.35. The van der Waals surface area contributed by atoms with Crippen LogP contribution in [-0.2, 0) is 0 Å². The average molecular weight is 144 g/mol. The van der Waals surface area contributed by atoms with E-state index in [4.69, 9.17) is 5.11 Å². The van der Waals surface area contributed by atoms with Crippen LogP contribution in [0.3, 0.4) is 0 Å². The molecular formula is C8H16O2. The number of rotatable bonds is 2. The molecule has 0 aromatic carbocycles. The molecule has 2 nitrogen and oxygen atoms in total. The van der Waals surface area contributed by atoms with Crippen molar-refractivity contribution < 1.29 is 10.2 Å². The molecule has 0 aromatic rings. The molecule has 1 aliphatic rings. The van der Waals surface area contributed by atoms with E-state index in [1.807, 2.05) is 6.92 Å². The molecule has 0 saturated heterocycles. The normalized spacial score (nSPS) is 26.7. The van der Waals surface area contributed by atoms with Gasteiger partial charge in [0.05, 0.1) is 5.60 Å². The molecule has 0 bridgehead atoms. The predicted molar refractivity (Wildman–Crippen MR) is 39.7 cm³/mol. The second-order valence-corrected chi connectivity index (χ2v) is 3.39. The topological polar surface area (TPSA) is 40.5 Å². The summed E-state index contributed by atoms with van der Waals surface area (Å²) >= 11 is 0. The third-order valence-electron chi connectivity index (χ3n) is 2.66. The van der Waals surface area contributed by atoms with Crippen LogP contribution in [0.15, 0.2) is 0 Å². The molecule has 0 spiro atoms. The SMILES string of the molecule is C[C@@H](CO)C1(O)CCCC1. The first-order valence-electron chi connectivity index (χ1n) is 4.02. The van der Waals surface area contributed by atoms with Crippen LogP contribution in [0.1, 0.15) is 32.6 Å². The molecule has 0 heterocycles. The van der Waals surface area contributed by atoms with Crippen molar-refractivity contribution in [1.29, 1.82) is 0 Å². The maximum atomic E-state index is 9.80. The minimum atomic E-state index is -0.547. The fraction of sp³-hybridized carbons (Fsp3) is 1.00. The van der Waals surface area contributed by atoms with Crippen LogP contribution in [0.5, 0.6) is 0 Å². The molecule has 1 aliphatic carbocycles. The molecule has 0 aliphatic heterocycles. The molecule has 2 heteroatoms. The van der Waals surface area contributed by atoms with Crippen LogP contribution in [-0.4, -0.2) is 22.4 Å². The lowest BCUT2D eigenvalue weighted by molar-refractivity contribution is -0.0260. The summed E-state index contributed by atoms with van der Waals surface area (Å²) in [5.74, 6) is 0.0509. The first-order chi connectivity index (χ1) is 4.69. The van der Waals surface area contributed by atoms with Crippen LogP contribution in [0, 0.1) is 5.92 Å². The number of hydrogen-bond acceptors (Lipinski definition) is 2. The van der Waals surface area contributed by atoms with Crippen LogP contribution in [0.25, 0.3) is 0 Å². The van der Waals surface area contributed by atoms with Crippen LogP contribution in [0.2, 0.25) is 0 Å². The van der Waals surface area contributed by atoms with Gasteiger partial charge < -0.3 is 10.2 Å². The lowest BCUT2D eigenvalue weighted by Crippen LogP contribution is -2.34. The summed E-state index contributed by atoms with van der Waals surface area (Å²) in [6.45, 7) is 2.02. The van der Waals surface area contributed by atoms with Gasteiger partial charge in [-0.15, -0.1) is 0 Å². The summed E-state index contributed by atoms with van der Waals surface area (Å²) in [5, 5.41) is 18.6. The number of aliphatic hydroxyl groups is 2. The summed E-state index contributed by atoms with van der Waals surface area (Å²) in [6.07, 6.45) is 3.96. The molecule has 1 saturated carbocycles. The van der Waals surface area contributed by atoms with E-state index in [0.717, 1.165) is 25.7 Å². The van der Waals surface area contributed by atoms with Crippen molar-refractivity contribution in [2.75, 3.05) is 6.61 Å². The molecule has 1 atom stereocenters. The van der Waals surface area contributed by atoms with Crippen molar-refractivity contribution in [3.05, 3.63) is 0 Å². The second kappa shape index (κ2) is 2.89. The van der Waals surface area contributed by atoms with Gasteiger partial charge in [-0.3, -0.25) is 0 Å². The molecule has 0 unspecified atom stereocenters. The standard InChI is InChI=1S/C8H16O2/c1-7(6-9)8(10)4-2-3-5-8/h7,9-10H,2-6H2,1H3/t7-/m0/s1. The zero-order valence-corrected chi connectivity index (χ0v) is 6.51. The molecule has 0 radical (unpaired) electrons. The Balaban J connectivity index is 2.49. The smallest absolute Gasteiger partial charge is 0.0695 e. The van der Waals surface area contributed by atoms with Crippen molar-refractivity contribution >= 4 is 0 Å². The summed E-state index contributed by atoms with van der Waals surface area (Å²) in [4.78, 5) is 0. The van der Waals surface area contributed by atoms with Crippen molar-refractivity contribution in [2.45, 2.75) is 38.2 Å². The van der Waals surface area contributed by atoms with Crippen LogP contribution >= 0.6 is 0 Å². The average Bonchev–Trinajstić information content (AvgIpc) is 2.36. The Hall–Kier alpha value is -0.0800. The molecule has 1 rings (SSSR count). The quantitative estimate of drug-likeness (QED) is 0.605. The Kier molecular flexibility index (Phi) is 2.32. The summed E-state index contributed by atoms with van der Waals surface area (Å²) < 4.78 is 0. The van der Waals surface area contributed by atoms with E-state index in [-0.39, 0.29) is 12.5 Å². The maximum absolute atomic E-state index is 9.80. The van der Waals surface area contributed by atoms with Gasteiger partial charge in [-0.1, -0.05) is 19.8 Å². The molecule has 1 fully saturated rings. The lowest BCUT2D eigenvalue weighted by Gasteiger charge is -2.27. The fourth-order valence-corrected chi connectivity index (χ4v) is 1.65. The summed E-state index contributed by atoms with van der Waals surface area (Å²) in [5.41, 5.74) is -0.547. The molecule has 2 N–H and O–H groups in total. The van der Waals surface area contributed by atoms with E-state index >= 15 is 0 Å². The minimum absolute atomic E-state index is 0.0509. The molecule has 0 aromatic heterocycles. The van der Waals surface area contributed by atoms with Gasteiger partial charge in [0, 0.05) is 12.5 Å². The van der Waals surface area contributed by atoms with E-state index in [9.17, 15) is 5.11 Å². The minimum Gasteiger partial charge on any atom is -0.396 e. The highest BCUT2D eigenvalue weighted by atomic mass is 16.3. The maximum Gasteiger partial charge on any atom is 0.0695 e. The Labute approximate surface area is 61.9 Å². The zero-order chi connectivity index (χ0) is 7.61. The van der Waals surface area contributed by atoms with Crippen molar-refractivity contribution in [3.8, 4) is 0 Å². The van der Waals surface area contributed by atoms with Gasteiger partial charge in [0.15, 0.2) is 0 Å². The summed E-state index contributed by atoms with van der Waals surface area (Å²) in [6, 6.07) is 0. The van der Waals surface area contributed by atoms with Gasteiger partial charge in [0.1, 0.15) is 0 Å². The fourth-order valence-electron chi connectivity index (χ4n) is 1.65. The monoisotopic (exact) mass is 144 g/mol. The Morgan fingerprint density at radius 2 is 1.90 bits per heavy atom. The zero-order valence-electron chi connectivity index (χ0n) is 6.51. The van der Waals surface area contributed by atoms with Crippen molar-refractivity contribution in [1.82, 2.24) is 0 Å². The Morgan fingerprint density at radius 1 is 1.40 bits per heavy atom. The first-order valence-corrected chi connectivity index (χ1v) is 4.02. The van der Waals surface area contributed by atoms with E-state index in [2.05, 4.69) is 0 Å². The second-order valence-electron chi connectivity index (χ2n) is 3.39. The number of hydrogen-bond donors (Lipinski definition) is 2. The number of aliphatic hydroxyl groups excluding tert-OH is 1. The van der Waals surface area contributed by atoms with Gasteiger partial charge >= 0.3 is 0 Å². The van der Waals surface area contributed by atoms with E-state index in [0.29, 0.717) is 0 Å². The molecular weight excluding hydrogens is 128 g/mol. The predicted octanol–water partition coefficient (Wildman–Crippen LogP) is 0.920. The third kappa shape index (κ3) is 1.32. The lowest BCUT2D eigenvalue weighted by atomic mass is 9.88. The van der Waals surface area contributed by atoms with Gasteiger partial charge in [-0.2, -0.15) is 0 Å². The van der Waals surface area contributed by atoms with Crippen molar-refractivity contribution in [2.24, 2.45) is 5.92 Å². The molecule has 0 amide bonds. The highest BCUT2D eigenvalue weighted by Crippen LogP contribution is 2.35. The molecule has 60 valence electrons. The highest BCUT2D eigenvalue weighted by molar-refractivity contribution is 4.88. The van der Waals surface area contributed by atoms with Gasteiger partial charge in [0.2, 0.25) is 0 Å². The van der Waals surface area contributed by atoms with E-state index in [1.165, 1.54) is 0 Å². The van der Waals surface area contributed by atoms with Gasteiger partial charge in [-0.25, -0.2) is 0 Å². The Morgan fingerprint density at radius 3 is 2.30 bits per heavy atom. The largest absolute Gasteiger partial charge is 0.396 e. The van der Waals surface area contributed by atoms with Crippen LogP contribution in [0.4, 0.5) is 0 Å². The van der Waals surface area contributed by atoms with Gasteiger partial charge in [0.25, 0.3) is 0 Å². The summed E-state index contributed by atoms with van der Waals surface area (Å²) in [7, 11) is 0. The van der Waals surface area contributed by atoms with Crippen molar-refractivity contribution in [3.63, 3.8) is 0 Å². The van der Waals surface area contributed by atoms with E-state index in [1.54, 1.807) is 0 Å². The Bertz CT molecular complexity index is 106. The first kappa shape index (κ1) is 8.02. The molecule has 10 heavy (non-hydrogen) atoms. The van der Waals surface area contributed by atoms with Gasteiger partial charge in [-0.05, 0) is 12.8 Å². The van der Waals surface area contributed by atoms with E-state index < -0.39 is 5.60 Å². The van der Waals surface area contributed by atoms with Crippen LogP contribution < -0.4 is 0 Å². The third-order valence-corrected chi connectivity index (χ3v) is 2.66.